The molecule has 0 aliphatic carbocycles. The van der Waals surface area contributed by atoms with E-state index in [0.29, 0.717) is 25.3 Å². The van der Waals surface area contributed by atoms with E-state index in [9.17, 15) is 4.79 Å². The molecular weight excluding hydrogens is 374 g/mol. The van der Waals surface area contributed by atoms with Crippen LogP contribution < -0.4 is 9.47 Å². The van der Waals surface area contributed by atoms with E-state index in [-0.39, 0.29) is 5.91 Å². The number of amides is 1. The number of nitrogens with zero attached hydrogens (tertiary/aromatic N) is 3. The largest absolute Gasteiger partial charge is 0.486 e. The third-order valence-electron chi connectivity index (χ3n) is 4.53. The fourth-order valence-corrected chi connectivity index (χ4v) is 3.71. The van der Waals surface area contributed by atoms with Crippen molar-refractivity contribution in [1.29, 1.82) is 0 Å². The van der Waals surface area contributed by atoms with Crippen molar-refractivity contribution in [2.75, 3.05) is 26.5 Å². The van der Waals surface area contributed by atoms with Crippen LogP contribution in [0.2, 0.25) is 0 Å². The van der Waals surface area contributed by atoms with Gasteiger partial charge in [0.2, 0.25) is 0 Å². The summed E-state index contributed by atoms with van der Waals surface area (Å²) in [7, 11) is 1.80. The quantitative estimate of drug-likeness (QED) is 0.618. The average Bonchev–Trinajstić information content (AvgIpc) is 3.22. The van der Waals surface area contributed by atoms with Gasteiger partial charge in [-0.05, 0) is 42.2 Å². The lowest BCUT2D eigenvalue weighted by atomic mass is 10.1. The predicted octanol–water partition coefficient (Wildman–Crippen LogP) is 3.64. The SMILES string of the molecule is CSc1nccn1-c1cccc(C(=O)N(C)Cc2ccc3c(c2)OCCO3)c1. The molecule has 7 heteroatoms. The van der Waals surface area contributed by atoms with Crippen LogP contribution in [0, 0.1) is 0 Å². The summed E-state index contributed by atoms with van der Waals surface area (Å²) >= 11 is 1.56. The molecule has 6 nitrogen and oxygen atoms in total. The Labute approximate surface area is 168 Å². The number of hydrogen-bond acceptors (Lipinski definition) is 5. The van der Waals surface area contributed by atoms with Crippen molar-refractivity contribution < 1.29 is 14.3 Å². The molecule has 28 heavy (non-hydrogen) atoms. The van der Waals surface area contributed by atoms with Crippen molar-refractivity contribution in [1.82, 2.24) is 14.5 Å². The van der Waals surface area contributed by atoms with E-state index >= 15 is 0 Å². The Morgan fingerprint density at radius 3 is 2.82 bits per heavy atom. The zero-order valence-corrected chi connectivity index (χ0v) is 16.6. The van der Waals surface area contributed by atoms with Gasteiger partial charge in [0.05, 0.1) is 0 Å². The van der Waals surface area contributed by atoms with E-state index in [1.54, 1.807) is 29.9 Å². The number of hydrogen-bond donors (Lipinski definition) is 0. The van der Waals surface area contributed by atoms with Gasteiger partial charge in [0.25, 0.3) is 5.91 Å². The van der Waals surface area contributed by atoms with Crippen molar-refractivity contribution in [3.05, 3.63) is 66.0 Å². The normalized spacial score (nSPS) is 12.6. The van der Waals surface area contributed by atoms with E-state index in [0.717, 1.165) is 27.9 Å². The van der Waals surface area contributed by atoms with Crippen LogP contribution in [0.15, 0.2) is 60.0 Å². The summed E-state index contributed by atoms with van der Waals surface area (Å²) in [6.45, 7) is 1.60. The molecule has 1 aliphatic heterocycles. The summed E-state index contributed by atoms with van der Waals surface area (Å²) < 4.78 is 13.2. The Morgan fingerprint density at radius 1 is 1.18 bits per heavy atom. The first-order valence-electron chi connectivity index (χ1n) is 8.97. The van der Waals surface area contributed by atoms with Gasteiger partial charge in [0.1, 0.15) is 13.2 Å². The maximum absolute atomic E-state index is 13.0. The van der Waals surface area contributed by atoms with Gasteiger partial charge in [0.15, 0.2) is 16.7 Å². The third-order valence-corrected chi connectivity index (χ3v) is 5.20. The van der Waals surface area contributed by atoms with Crippen molar-refractivity contribution in [2.24, 2.45) is 0 Å². The van der Waals surface area contributed by atoms with Gasteiger partial charge in [-0.3, -0.25) is 9.36 Å². The Hall–Kier alpha value is -2.93. The van der Waals surface area contributed by atoms with Crippen LogP contribution >= 0.6 is 11.8 Å². The second kappa shape index (κ2) is 7.98. The number of fused-ring (bicyclic) bond motifs is 1. The molecular formula is C21H21N3O3S. The molecule has 3 aromatic rings. The molecule has 1 aromatic heterocycles. The molecule has 0 spiro atoms. The first kappa shape index (κ1) is 18.4. The Morgan fingerprint density at radius 2 is 2.00 bits per heavy atom. The highest BCUT2D eigenvalue weighted by Crippen LogP contribution is 2.31. The zero-order chi connectivity index (χ0) is 19.5. The topological polar surface area (TPSA) is 56.6 Å². The zero-order valence-electron chi connectivity index (χ0n) is 15.8. The Balaban J connectivity index is 1.52. The van der Waals surface area contributed by atoms with Crippen molar-refractivity contribution in [3.8, 4) is 17.2 Å². The monoisotopic (exact) mass is 395 g/mol. The molecule has 0 saturated carbocycles. The van der Waals surface area contributed by atoms with Crippen molar-refractivity contribution >= 4 is 17.7 Å². The van der Waals surface area contributed by atoms with E-state index < -0.39 is 0 Å². The minimum absolute atomic E-state index is 0.0393. The number of imidazole rings is 1. The number of carbonyl (C=O) groups excluding carboxylic acids is 1. The summed E-state index contributed by atoms with van der Waals surface area (Å²) in [4.78, 5) is 19.0. The first-order chi connectivity index (χ1) is 13.7. The van der Waals surface area contributed by atoms with E-state index in [1.807, 2.05) is 59.5 Å². The fraction of sp³-hybridized carbons (Fsp3) is 0.238. The predicted molar refractivity (Wildman–Crippen MR) is 109 cm³/mol. The smallest absolute Gasteiger partial charge is 0.253 e. The molecule has 0 radical (unpaired) electrons. The first-order valence-corrected chi connectivity index (χ1v) is 10.2. The molecule has 0 saturated heterocycles. The number of ether oxygens (including phenoxy) is 2. The number of thioether (sulfide) groups is 1. The molecule has 0 unspecified atom stereocenters. The maximum Gasteiger partial charge on any atom is 0.253 e. The van der Waals surface area contributed by atoms with Crippen LogP contribution in [0.25, 0.3) is 5.69 Å². The summed E-state index contributed by atoms with van der Waals surface area (Å²) in [5, 5.41) is 0.884. The van der Waals surface area contributed by atoms with Gasteiger partial charge < -0.3 is 14.4 Å². The highest BCUT2D eigenvalue weighted by Gasteiger charge is 2.16. The number of benzene rings is 2. The average molecular weight is 395 g/mol. The summed E-state index contributed by atoms with van der Waals surface area (Å²) in [5.74, 6) is 1.44. The second-order valence-corrected chi connectivity index (χ2v) is 7.25. The second-order valence-electron chi connectivity index (χ2n) is 6.47. The lowest BCUT2D eigenvalue weighted by molar-refractivity contribution is 0.0784. The van der Waals surface area contributed by atoms with Gasteiger partial charge in [-0.2, -0.15) is 0 Å². The Bertz CT molecular complexity index is 1000. The lowest BCUT2D eigenvalue weighted by Gasteiger charge is -2.21. The maximum atomic E-state index is 13.0. The Kier molecular flexibility index (Phi) is 5.25. The van der Waals surface area contributed by atoms with Crippen LogP contribution in [0.4, 0.5) is 0 Å². The molecule has 144 valence electrons. The minimum atomic E-state index is -0.0393. The molecule has 1 amide bonds. The fourth-order valence-electron chi connectivity index (χ4n) is 3.18. The number of rotatable bonds is 5. The summed E-state index contributed by atoms with van der Waals surface area (Å²) in [6.07, 6.45) is 5.64. The molecule has 2 aromatic carbocycles. The van der Waals surface area contributed by atoms with Gasteiger partial charge in [-0.1, -0.05) is 23.9 Å². The molecule has 2 heterocycles. The number of aromatic nitrogens is 2. The molecule has 4 rings (SSSR count). The summed E-state index contributed by atoms with van der Waals surface area (Å²) in [6, 6.07) is 13.4. The van der Waals surface area contributed by atoms with Gasteiger partial charge >= 0.3 is 0 Å². The highest BCUT2D eigenvalue weighted by molar-refractivity contribution is 7.98. The number of carbonyl (C=O) groups is 1. The minimum Gasteiger partial charge on any atom is -0.486 e. The highest BCUT2D eigenvalue weighted by atomic mass is 32.2. The van der Waals surface area contributed by atoms with Crippen LogP contribution in [0.5, 0.6) is 11.5 Å². The summed E-state index contributed by atoms with van der Waals surface area (Å²) in [5.41, 5.74) is 2.55. The molecule has 1 aliphatic rings. The molecule has 0 bridgehead atoms. The van der Waals surface area contributed by atoms with E-state index in [1.165, 1.54) is 0 Å². The molecule has 0 atom stereocenters. The van der Waals surface area contributed by atoms with Crippen molar-refractivity contribution in [3.63, 3.8) is 0 Å². The van der Waals surface area contributed by atoms with Gasteiger partial charge in [-0.15, -0.1) is 0 Å². The van der Waals surface area contributed by atoms with Crippen LogP contribution in [0.1, 0.15) is 15.9 Å². The van der Waals surface area contributed by atoms with E-state index in [4.69, 9.17) is 9.47 Å². The molecule has 0 fully saturated rings. The van der Waals surface area contributed by atoms with E-state index in [2.05, 4.69) is 4.98 Å². The van der Waals surface area contributed by atoms with Gasteiger partial charge in [-0.25, -0.2) is 4.98 Å². The van der Waals surface area contributed by atoms with Crippen molar-refractivity contribution in [2.45, 2.75) is 11.7 Å². The van der Waals surface area contributed by atoms with Crippen LogP contribution in [0.3, 0.4) is 0 Å². The molecule has 0 N–H and O–H groups in total. The standard InChI is InChI=1S/C21H21N3O3S/c1-23(14-15-6-7-18-19(12-15)27-11-10-26-18)20(25)16-4-3-5-17(13-16)24-9-8-22-21(24)28-2/h3-9,12-13H,10-11,14H2,1-2H3. The lowest BCUT2D eigenvalue weighted by Crippen LogP contribution is -2.26. The van der Waals surface area contributed by atoms with Crippen LogP contribution in [-0.2, 0) is 6.54 Å². The van der Waals surface area contributed by atoms with Gasteiger partial charge in [0, 0.05) is 37.2 Å². The van der Waals surface area contributed by atoms with Crippen LogP contribution in [-0.4, -0.2) is 46.9 Å². The third kappa shape index (κ3) is 3.71.